The van der Waals surface area contributed by atoms with Gasteiger partial charge in [-0.25, -0.2) is 14.6 Å². The molecule has 0 saturated heterocycles. The third kappa shape index (κ3) is 2.12. The van der Waals surface area contributed by atoms with Crippen LogP contribution in [0.1, 0.15) is 24.9 Å². The van der Waals surface area contributed by atoms with Gasteiger partial charge in [0, 0.05) is 24.9 Å². The maximum Gasteiger partial charge on any atom is 0.215 e. The van der Waals surface area contributed by atoms with E-state index in [1.807, 2.05) is 31.3 Å². The van der Waals surface area contributed by atoms with Gasteiger partial charge in [-0.2, -0.15) is 10.1 Å². The quantitative estimate of drug-likeness (QED) is 0.578. The third-order valence-electron chi connectivity index (χ3n) is 4.00. The van der Waals surface area contributed by atoms with Crippen LogP contribution in [0.5, 0.6) is 5.88 Å². The lowest BCUT2D eigenvalue weighted by Gasteiger charge is -2.10. The Kier molecular flexibility index (Phi) is 3.41. The lowest BCUT2D eigenvalue weighted by Crippen LogP contribution is -2.06. The van der Waals surface area contributed by atoms with Crippen molar-refractivity contribution in [3.05, 3.63) is 42.1 Å². The van der Waals surface area contributed by atoms with E-state index in [9.17, 15) is 0 Å². The van der Waals surface area contributed by atoms with E-state index in [-0.39, 0.29) is 0 Å². The van der Waals surface area contributed by atoms with E-state index in [2.05, 4.69) is 21.4 Å². The molecule has 0 aliphatic rings. The topological polar surface area (TPSA) is 70.1 Å². The average molecular weight is 322 g/mol. The summed E-state index contributed by atoms with van der Waals surface area (Å²) in [5.41, 5.74) is 3.38. The van der Waals surface area contributed by atoms with Crippen LogP contribution in [0.15, 0.2) is 30.6 Å². The number of rotatable bonds is 4. The summed E-state index contributed by atoms with van der Waals surface area (Å²) in [6, 6.07) is 5.61. The standard InChI is InChI=1S/C17H18N6O/c1-4-6-13-19-11(2)15-17(22-10-5-9-18-22)20-12-7-8-14(24-3)21-16(12)23(13)15/h5,7-10H,4,6H2,1-3H3. The minimum atomic E-state index is 0.561. The number of hydrogen-bond donors (Lipinski definition) is 0. The highest BCUT2D eigenvalue weighted by atomic mass is 16.5. The second-order valence-corrected chi connectivity index (χ2v) is 5.63. The van der Waals surface area contributed by atoms with Gasteiger partial charge in [0.15, 0.2) is 11.5 Å². The molecular formula is C17H18N6O. The molecule has 0 atom stereocenters. The summed E-state index contributed by atoms with van der Waals surface area (Å²) in [5, 5.41) is 4.34. The number of hydrogen-bond acceptors (Lipinski definition) is 5. The number of imidazole rings is 1. The molecule has 0 amide bonds. The van der Waals surface area contributed by atoms with Crippen LogP contribution in [0.3, 0.4) is 0 Å². The SMILES string of the molecule is CCCc1nc(C)c2c(-n3cccn3)nc3ccc(OC)nc3n12. The molecule has 4 heterocycles. The van der Waals surface area contributed by atoms with Gasteiger partial charge in [0.25, 0.3) is 0 Å². The van der Waals surface area contributed by atoms with E-state index in [0.29, 0.717) is 5.88 Å². The van der Waals surface area contributed by atoms with E-state index < -0.39 is 0 Å². The molecule has 4 aromatic rings. The molecule has 0 N–H and O–H groups in total. The zero-order chi connectivity index (χ0) is 16.7. The van der Waals surface area contributed by atoms with E-state index in [1.54, 1.807) is 18.0 Å². The minimum absolute atomic E-state index is 0.561. The normalized spacial score (nSPS) is 11.5. The van der Waals surface area contributed by atoms with E-state index in [1.165, 1.54) is 0 Å². The van der Waals surface area contributed by atoms with Crippen molar-refractivity contribution in [3.63, 3.8) is 0 Å². The van der Waals surface area contributed by atoms with Gasteiger partial charge in [0.2, 0.25) is 5.88 Å². The average Bonchev–Trinajstić information content (AvgIpc) is 3.23. The highest BCUT2D eigenvalue weighted by molar-refractivity contribution is 5.81. The number of aryl methyl sites for hydroxylation is 2. The van der Waals surface area contributed by atoms with Crippen LogP contribution in [0.2, 0.25) is 0 Å². The molecule has 0 aromatic carbocycles. The monoisotopic (exact) mass is 322 g/mol. The van der Waals surface area contributed by atoms with Gasteiger partial charge in [-0.3, -0.25) is 4.40 Å². The Morgan fingerprint density at radius 1 is 1.17 bits per heavy atom. The van der Waals surface area contributed by atoms with Crippen LogP contribution in [0, 0.1) is 6.92 Å². The van der Waals surface area contributed by atoms with E-state index >= 15 is 0 Å². The summed E-state index contributed by atoms with van der Waals surface area (Å²) in [4.78, 5) is 14.1. The number of fused-ring (bicyclic) bond motifs is 3. The highest BCUT2D eigenvalue weighted by Crippen LogP contribution is 2.26. The van der Waals surface area contributed by atoms with Crippen LogP contribution >= 0.6 is 0 Å². The molecule has 122 valence electrons. The van der Waals surface area contributed by atoms with Gasteiger partial charge in [-0.1, -0.05) is 6.92 Å². The second kappa shape index (κ2) is 5.59. The Bertz CT molecular complexity index is 1020. The molecule has 7 heteroatoms. The molecule has 0 fully saturated rings. The number of ether oxygens (including phenoxy) is 1. The molecule has 24 heavy (non-hydrogen) atoms. The predicted octanol–water partition coefficient (Wildman–Crippen LogP) is 2.73. The molecule has 4 aromatic heterocycles. The molecule has 0 radical (unpaired) electrons. The van der Waals surface area contributed by atoms with Gasteiger partial charge in [0.05, 0.1) is 12.8 Å². The smallest absolute Gasteiger partial charge is 0.215 e. The largest absolute Gasteiger partial charge is 0.481 e. The van der Waals surface area contributed by atoms with Crippen LogP contribution in [-0.4, -0.2) is 36.2 Å². The van der Waals surface area contributed by atoms with Crippen molar-refractivity contribution in [2.75, 3.05) is 7.11 Å². The Balaban J connectivity index is 2.17. The van der Waals surface area contributed by atoms with Crippen molar-refractivity contribution in [2.45, 2.75) is 26.7 Å². The molecule has 4 rings (SSSR count). The molecule has 0 aliphatic carbocycles. The lowest BCUT2D eigenvalue weighted by atomic mass is 10.3. The number of methoxy groups -OCH3 is 1. The van der Waals surface area contributed by atoms with Crippen molar-refractivity contribution in [3.8, 4) is 11.7 Å². The molecule has 0 aliphatic heterocycles. The zero-order valence-corrected chi connectivity index (χ0v) is 13.9. The summed E-state index contributed by atoms with van der Waals surface area (Å²) >= 11 is 0. The Hall–Kier alpha value is -2.96. The molecule has 0 bridgehead atoms. The van der Waals surface area contributed by atoms with Crippen molar-refractivity contribution in [2.24, 2.45) is 0 Å². The van der Waals surface area contributed by atoms with Gasteiger partial charge >= 0.3 is 0 Å². The van der Waals surface area contributed by atoms with Gasteiger partial charge in [-0.15, -0.1) is 0 Å². The summed E-state index contributed by atoms with van der Waals surface area (Å²) in [6.07, 6.45) is 5.50. The maximum absolute atomic E-state index is 5.29. The summed E-state index contributed by atoms with van der Waals surface area (Å²) in [6.45, 7) is 4.14. The zero-order valence-electron chi connectivity index (χ0n) is 13.9. The first-order valence-corrected chi connectivity index (χ1v) is 7.95. The van der Waals surface area contributed by atoms with Gasteiger partial charge in [-0.05, 0) is 25.5 Å². The fourth-order valence-electron chi connectivity index (χ4n) is 2.98. The number of pyridine rings is 1. The van der Waals surface area contributed by atoms with Gasteiger partial charge < -0.3 is 4.74 Å². The van der Waals surface area contributed by atoms with Crippen molar-refractivity contribution < 1.29 is 4.74 Å². The first kappa shape index (κ1) is 14.6. The molecule has 7 nitrogen and oxygen atoms in total. The van der Waals surface area contributed by atoms with Crippen molar-refractivity contribution in [1.29, 1.82) is 0 Å². The second-order valence-electron chi connectivity index (χ2n) is 5.63. The van der Waals surface area contributed by atoms with Crippen LogP contribution in [0.25, 0.3) is 22.5 Å². The minimum Gasteiger partial charge on any atom is -0.481 e. The number of aromatic nitrogens is 6. The Labute approximate surface area is 138 Å². The summed E-state index contributed by atoms with van der Waals surface area (Å²) < 4.78 is 9.14. The predicted molar refractivity (Wildman–Crippen MR) is 90.7 cm³/mol. The summed E-state index contributed by atoms with van der Waals surface area (Å²) in [7, 11) is 1.61. The summed E-state index contributed by atoms with van der Waals surface area (Å²) in [5.74, 6) is 2.30. The lowest BCUT2D eigenvalue weighted by molar-refractivity contribution is 0.399. The van der Waals surface area contributed by atoms with Crippen LogP contribution < -0.4 is 4.74 Å². The fourth-order valence-corrected chi connectivity index (χ4v) is 2.98. The third-order valence-corrected chi connectivity index (χ3v) is 4.00. The maximum atomic E-state index is 5.29. The van der Waals surface area contributed by atoms with Crippen molar-refractivity contribution >= 4 is 16.7 Å². The van der Waals surface area contributed by atoms with Gasteiger partial charge in [0.1, 0.15) is 16.9 Å². The molecular weight excluding hydrogens is 304 g/mol. The molecule has 0 spiro atoms. The Morgan fingerprint density at radius 2 is 2.04 bits per heavy atom. The van der Waals surface area contributed by atoms with Crippen molar-refractivity contribution in [1.82, 2.24) is 29.1 Å². The van der Waals surface area contributed by atoms with Crippen LogP contribution in [0.4, 0.5) is 0 Å². The molecule has 0 unspecified atom stereocenters. The van der Waals surface area contributed by atoms with E-state index in [0.717, 1.165) is 46.9 Å². The van der Waals surface area contributed by atoms with Crippen LogP contribution in [-0.2, 0) is 6.42 Å². The number of nitrogens with zero attached hydrogens (tertiary/aromatic N) is 6. The fraction of sp³-hybridized carbons (Fsp3) is 0.294. The first-order chi connectivity index (χ1) is 11.7. The first-order valence-electron chi connectivity index (χ1n) is 7.95. The molecule has 0 saturated carbocycles. The highest BCUT2D eigenvalue weighted by Gasteiger charge is 2.19. The Morgan fingerprint density at radius 3 is 2.75 bits per heavy atom. The van der Waals surface area contributed by atoms with E-state index in [4.69, 9.17) is 14.7 Å².